The quantitative estimate of drug-likeness (QED) is 0.424. The van der Waals surface area contributed by atoms with E-state index in [1.807, 2.05) is 0 Å². The minimum Gasteiger partial charge on any atom is -0.492 e. The van der Waals surface area contributed by atoms with E-state index in [9.17, 15) is 14.3 Å². The number of fused-ring (bicyclic) bond motifs is 6. The molecule has 2 aromatic heterocycles. The lowest BCUT2D eigenvalue weighted by atomic mass is 9.93. The molecule has 0 saturated carbocycles. The molecule has 0 atom stereocenters. The predicted octanol–water partition coefficient (Wildman–Crippen LogP) is 2.95. The number of methoxy groups -OCH3 is 1. The van der Waals surface area contributed by atoms with Crippen LogP contribution in [0.3, 0.4) is 0 Å². The number of imidazole rings is 1. The summed E-state index contributed by atoms with van der Waals surface area (Å²) < 4.78 is 18.7. The van der Waals surface area contributed by atoms with Gasteiger partial charge in [0.25, 0.3) is 0 Å². The smallest absolute Gasteiger partial charge is 0.318 e. The summed E-state index contributed by atoms with van der Waals surface area (Å²) in [6.07, 6.45) is 1.47. The van der Waals surface area contributed by atoms with Gasteiger partial charge in [0.2, 0.25) is 5.88 Å². The summed E-state index contributed by atoms with van der Waals surface area (Å²) in [7, 11) is 1.31. The molecule has 0 bridgehead atoms. The Morgan fingerprint density at radius 1 is 1.27 bits per heavy atom. The molecule has 0 aliphatic rings. The average molecular weight is 354 g/mol. The van der Waals surface area contributed by atoms with Crippen LogP contribution in [0, 0.1) is 5.82 Å². The van der Waals surface area contributed by atoms with Crippen molar-refractivity contribution in [2.75, 3.05) is 7.11 Å². The average Bonchev–Trinajstić information content (AvgIpc) is 3.07. The second-order valence-corrected chi connectivity index (χ2v) is 6.57. The van der Waals surface area contributed by atoms with Crippen molar-refractivity contribution in [3.8, 4) is 5.88 Å². The Morgan fingerprint density at radius 2 is 2.04 bits per heavy atom. The Kier molecular flexibility index (Phi) is 3.33. The van der Waals surface area contributed by atoms with Crippen LogP contribution in [0.5, 0.6) is 5.88 Å². The van der Waals surface area contributed by atoms with Crippen molar-refractivity contribution in [3.63, 3.8) is 0 Å². The molecule has 7 nitrogen and oxygen atoms in total. The molecule has 132 valence electrons. The zero-order valence-corrected chi connectivity index (χ0v) is 14.3. The van der Waals surface area contributed by atoms with Crippen LogP contribution in [0.15, 0.2) is 24.4 Å². The van der Waals surface area contributed by atoms with Crippen molar-refractivity contribution in [2.45, 2.75) is 19.3 Å². The highest BCUT2D eigenvalue weighted by molar-refractivity contribution is 6.24. The van der Waals surface area contributed by atoms with Crippen LogP contribution in [-0.4, -0.2) is 38.4 Å². The maximum Gasteiger partial charge on any atom is 0.318 e. The summed E-state index contributed by atoms with van der Waals surface area (Å²) in [6, 6.07) is 4.22. The minimum absolute atomic E-state index is 0.302. The third-order valence-corrected chi connectivity index (χ3v) is 4.60. The number of carbonyl (C=O) groups excluding carboxylic acids is 1. The van der Waals surface area contributed by atoms with Crippen LogP contribution >= 0.6 is 0 Å². The highest BCUT2D eigenvalue weighted by Gasteiger charge is 2.35. The first-order chi connectivity index (χ1) is 12.3. The predicted molar refractivity (Wildman–Crippen MR) is 93.4 cm³/mol. The van der Waals surface area contributed by atoms with E-state index in [0.717, 1.165) is 0 Å². The zero-order chi connectivity index (χ0) is 18.6. The lowest BCUT2D eigenvalue weighted by molar-refractivity contribution is -0.146. The van der Waals surface area contributed by atoms with Gasteiger partial charge in [-0.2, -0.15) is 5.10 Å². The summed E-state index contributed by atoms with van der Waals surface area (Å²) in [4.78, 5) is 19.9. The molecule has 0 aliphatic carbocycles. The highest BCUT2D eigenvalue weighted by Crippen LogP contribution is 2.38. The zero-order valence-electron chi connectivity index (χ0n) is 14.3. The van der Waals surface area contributed by atoms with Gasteiger partial charge in [-0.15, -0.1) is 5.10 Å². The van der Waals surface area contributed by atoms with Crippen molar-refractivity contribution in [1.29, 1.82) is 0 Å². The van der Waals surface area contributed by atoms with E-state index >= 15 is 0 Å². The first-order valence-corrected chi connectivity index (χ1v) is 7.88. The molecule has 8 heteroatoms. The fourth-order valence-corrected chi connectivity index (χ4v) is 3.17. The second kappa shape index (κ2) is 5.35. The lowest BCUT2D eigenvalue weighted by Crippen LogP contribution is -2.31. The Morgan fingerprint density at radius 3 is 2.77 bits per heavy atom. The summed E-state index contributed by atoms with van der Waals surface area (Å²) in [6.45, 7) is 3.38. The van der Waals surface area contributed by atoms with Gasteiger partial charge < -0.3 is 14.8 Å². The Balaban J connectivity index is 2.20. The van der Waals surface area contributed by atoms with E-state index in [1.54, 1.807) is 19.9 Å². The number of ether oxygens (including phenoxy) is 1. The first kappa shape index (κ1) is 16.2. The summed E-state index contributed by atoms with van der Waals surface area (Å²) in [5.41, 5.74) is 0.109. The van der Waals surface area contributed by atoms with Gasteiger partial charge >= 0.3 is 5.97 Å². The first-order valence-electron chi connectivity index (χ1n) is 7.88. The number of aromatic nitrogens is 4. The van der Waals surface area contributed by atoms with Crippen molar-refractivity contribution in [1.82, 2.24) is 20.2 Å². The number of rotatable bonds is 2. The molecule has 4 rings (SSSR count). The highest BCUT2D eigenvalue weighted by atomic mass is 19.1. The van der Waals surface area contributed by atoms with Gasteiger partial charge in [-0.1, -0.05) is 0 Å². The molecular formula is C18H15FN4O3. The number of carbonyl (C=O) groups is 1. The van der Waals surface area contributed by atoms with Gasteiger partial charge in [-0.05, 0) is 32.0 Å². The normalized spacial score (nSPS) is 12.2. The topological polar surface area (TPSA) is 101 Å². The summed E-state index contributed by atoms with van der Waals surface area (Å²) in [5.74, 6) is -0.795. The van der Waals surface area contributed by atoms with Crippen LogP contribution in [0.2, 0.25) is 0 Å². The standard InChI is InChI=1S/C18H15FN4O3/c1-18(2,17(25)26-3)16-21-13-9-5-4-8(19)6-10(9)12-11(14(13)22-16)7-20-23-15(12)24/h4-7H,1-3H3,(H,21,22)(H,23,24). The van der Waals surface area contributed by atoms with Gasteiger partial charge in [-0.25, -0.2) is 9.37 Å². The molecule has 0 unspecified atom stereocenters. The van der Waals surface area contributed by atoms with Crippen molar-refractivity contribution < 1.29 is 19.0 Å². The molecular weight excluding hydrogens is 339 g/mol. The second-order valence-electron chi connectivity index (χ2n) is 6.57. The van der Waals surface area contributed by atoms with E-state index in [1.165, 1.54) is 25.4 Å². The molecule has 0 saturated heterocycles. The van der Waals surface area contributed by atoms with Gasteiger partial charge in [0, 0.05) is 16.2 Å². The molecule has 0 aliphatic heterocycles. The molecule has 2 heterocycles. The van der Waals surface area contributed by atoms with Gasteiger partial charge in [0.15, 0.2) is 0 Å². The van der Waals surface area contributed by atoms with Crippen LogP contribution in [0.25, 0.3) is 32.6 Å². The number of H-pyrrole nitrogens is 1. The molecule has 26 heavy (non-hydrogen) atoms. The fourth-order valence-electron chi connectivity index (χ4n) is 3.17. The van der Waals surface area contributed by atoms with Crippen LogP contribution in [-0.2, 0) is 14.9 Å². The Hall–Kier alpha value is -3.29. The number of hydrogen-bond donors (Lipinski definition) is 2. The Labute approximate surface area is 146 Å². The monoisotopic (exact) mass is 354 g/mol. The third kappa shape index (κ3) is 2.11. The summed E-state index contributed by atoms with van der Waals surface area (Å²) in [5, 5.41) is 19.6. The molecule has 2 aromatic carbocycles. The number of esters is 1. The molecule has 0 fully saturated rings. The van der Waals surface area contributed by atoms with E-state index in [-0.39, 0.29) is 5.88 Å². The molecule has 2 N–H and O–H groups in total. The largest absolute Gasteiger partial charge is 0.492 e. The SMILES string of the molecule is COC(=O)C(C)(C)c1nc2c3ccc(F)cc3c3c(O)nncc3c2[nH]1. The third-order valence-electron chi connectivity index (χ3n) is 4.60. The van der Waals surface area contributed by atoms with Gasteiger partial charge in [-0.3, -0.25) is 4.79 Å². The Bertz CT molecular complexity index is 1200. The fraction of sp³-hybridized carbons (Fsp3) is 0.222. The summed E-state index contributed by atoms with van der Waals surface area (Å²) >= 11 is 0. The number of aromatic hydroxyl groups is 1. The molecule has 0 spiro atoms. The van der Waals surface area contributed by atoms with Crippen molar-refractivity contribution in [2.24, 2.45) is 0 Å². The van der Waals surface area contributed by atoms with E-state index in [4.69, 9.17) is 4.74 Å². The van der Waals surface area contributed by atoms with Crippen LogP contribution < -0.4 is 0 Å². The number of nitrogens with one attached hydrogen (secondary N) is 1. The molecule has 4 aromatic rings. The lowest BCUT2D eigenvalue weighted by Gasteiger charge is -2.18. The number of halogens is 1. The maximum absolute atomic E-state index is 13.8. The van der Waals surface area contributed by atoms with Gasteiger partial charge in [0.1, 0.15) is 17.1 Å². The number of benzene rings is 2. The minimum atomic E-state index is -1.02. The van der Waals surface area contributed by atoms with Crippen LogP contribution in [0.1, 0.15) is 19.7 Å². The van der Waals surface area contributed by atoms with Crippen LogP contribution in [0.4, 0.5) is 4.39 Å². The molecule has 0 amide bonds. The maximum atomic E-state index is 13.8. The van der Waals surface area contributed by atoms with Crippen molar-refractivity contribution in [3.05, 3.63) is 36.0 Å². The number of aromatic amines is 1. The number of nitrogens with zero attached hydrogens (tertiary/aromatic N) is 3. The van der Waals surface area contributed by atoms with E-state index < -0.39 is 17.2 Å². The number of hydrogen-bond acceptors (Lipinski definition) is 6. The van der Waals surface area contributed by atoms with E-state index in [0.29, 0.717) is 38.4 Å². The molecule has 0 radical (unpaired) electrons. The van der Waals surface area contributed by atoms with E-state index in [2.05, 4.69) is 20.2 Å². The van der Waals surface area contributed by atoms with Gasteiger partial charge in [0.05, 0.1) is 29.7 Å². The van der Waals surface area contributed by atoms with Crippen molar-refractivity contribution >= 4 is 38.5 Å².